The molecule has 0 N–H and O–H groups in total. The molecule has 4 heteroatoms. The zero-order chi connectivity index (χ0) is 26.6. The summed E-state index contributed by atoms with van der Waals surface area (Å²) in [6, 6.07) is 10.3. The van der Waals surface area contributed by atoms with Crippen LogP contribution in [0.3, 0.4) is 0 Å². The van der Waals surface area contributed by atoms with Crippen LogP contribution in [0, 0.1) is 0 Å². The first-order chi connectivity index (χ1) is 16.8. The topological polar surface area (TPSA) is 0 Å². The Morgan fingerprint density at radius 3 is 1.18 bits per heavy atom. The number of halogens is 2. The number of rotatable bonds is 7. The van der Waals surface area contributed by atoms with Crippen molar-refractivity contribution in [3.05, 3.63) is 79.9 Å². The molecule has 0 amide bonds. The summed E-state index contributed by atoms with van der Waals surface area (Å²) in [6.45, 7) is 24.0. The second-order valence-electron chi connectivity index (χ2n) is 13.1. The van der Waals surface area contributed by atoms with Crippen LogP contribution in [0.5, 0.6) is 0 Å². The molecule has 2 atom stereocenters. The summed E-state index contributed by atoms with van der Waals surface area (Å²) in [5.41, 5.74) is 16.3. The van der Waals surface area contributed by atoms with Crippen molar-refractivity contribution in [2.75, 3.05) is 0 Å². The fraction of sp³-hybridized carbons (Fsp3) is 0.529. The average molecular weight is 693 g/mol. The first-order valence-corrected chi connectivity index (χ1v) is 30.7. The van der Waals surface area contributed by atoms with Gasteiger partial charge in [-0.3, -0.25) is 0 Å². The predicted molar refractivity (Wildman–Crippen MR) is 161 cm³/mol. The van der Waals surface area contributed by atoms with Gasteiger partial charge in [-0.05, 0) is 0 Å². The largest absolute Gasteiger partial charge is 1.00 e. The Bertz CT molecular complexity index is 1130. The number of fused-ring (bicyclic) bond motifs is 2. The van der Waals surface area contributed by atoms with Gasteiger partial charge in [-0.25, -0.2) is 0 Å². The van der Waals surface area contributed by atoms with Crippen LogP contribution in [0.4, 0.5) is 0 Å². The molecular formula is C34H49Cl2GeZr. The Hall–Kier alpha value is -0.0740. The molecule has 0 aromatic heterocycles. The van der Waals surface area contributed by atoms with Crippen molar-refractivity contribution in [3.63, 3.8) is 0 Å². The quantitative estimate of drug-likeness (QED) is 0.378. The summed E-state index contributed by atoms with van der Waals surface area (Å²) in [5.74, 6) is 7.79. The summed E-state index contributed by atoms with van der Waals surface area (Å²) in [5, 5.41) is 0. The molecule has 0 radical (unpaired) electrons. The molecular weight excluding hydrogens is 643 g/mol. The van der Waals surface area contributed by atoms with Gasteiger partial charge < -0.3 is 24.8 Å². The van der Waals surface area contributed by atoms with Crippen LogP contribution in [0.2, 0.25) is 11.5 Å². The molecule has 2 aliphatic carbocycles. The molecule has 2 aromatic rings. The third-order valence-corrected chi connectivity index (χ3v) is 43.9. The van der Waals surface area contributed by atoms with Crippen molar-refractivity contribution < 1.29 is 44.1 Å². The maximum atomic E-state index is 2.74. The van der Waals surface area contributed by atoms with E-state index in [0.29, 0.717) is 23.7 Å². The minimum Gasteiger partial charge on any atom is -1.00 e. The van der Waals surface area contributed by atoms with E-state index in [2.05, 4.69) is 117 Å². The molecule has 0 spiro atoms. The van der Waals surface area contributed by atoms with Crippen LogP contribution < -0.4 is 24.8 Å². The SMILES string of the molecule is CC1=Cc2c(C(C)C)cc(C(C)C)cc2[CH]1[Zr+2]([CH]1C(C)=Cc2c(C(C)C)cc(C(C)C)cc21)[GeH]([CH3])[CH3].[Cl-].[Cl-]. The Morgan fingerprint density at radius 1 is 0.579 bits per heavy atom. The third kappa shape index (κ3) is 6.22. The van der Waals surface area contributed by atoms with E-state index in [1.807, 2.05) is 0 Å². The normalized spacial score (nSPS) is 18.0. The molecule has 0 fully saturated rings. The van der Waals surface area contributed by atoms with Gasteiger partial charge in [0.05, 0.1) is 0 Å². The van der Waals surface area contributed by atoms with Crippen molar-refractivity contribution in [1.29, 1.82) is 0 Å². The van der Waals surface area contributed by atoms with E-state index >= 15 is 0 Å². The fourth-order valence-corrected chi connectivity index (χ4v) is 44.3. The van der Waals surface area contributed by atoms with Gasteiger partial charge >= 0.3 is 234 Å². The third-order valence-electron chi connectivity index (χ3n) is 8.72. The molecule has 2 aromatic carbocycles. The Balaban J connectivity index is 0.00000253. The Labute approximate surface area is 256 Å². The minimum atomic E-state index is -1.95. The molecule has 0 bridgehead atoms. The van der Waals surface area contributed by atoms with Gasteiger partial charge in [-0.1, -0.05) is 0 Å². The van der Waals surface area contributed by atoms with Crippen LogP contribution in [0.1, 0.15) is 145 Å². The van der Waals surface area contributed by atoms with Gasteiger partial charge in [0.15, 0.2) is 0 Å². The van der Waals surface area contributed by atoms with Crippen molar-refractivity contribution >= 4 is 22.7 Å². The van der Waals surface area contributed by atoms with Gasteiger partial charge in [0.25, 0.3) is 0 Å². The number of allylic oxidation sites excluding steroid dienone is 2. The molecule has 207 valence electrons. The van der Waals surface area contributed by atoms with Crippen LogP contribution in [-0.4, -0.2) is 10.6 Å². The minimum absolute atomic E-state index is 0. The number of hydrogen-bond acceptors (Lipinski definition) is 0. The molecule has 0 nitrogen and oxygen atoms in total. The summed E-state index contributed by atoms with van der Waals surface area (Å²) in [4.78, 5) is 0. The molecule has 2 unspecified atom stereocenters. The van der Waals surface area contributed by atoms with E-state index in [-0.39, 0.29) is 24.8 Å². The molecule has 0 saturated carbocycles. The zero-order valence-corrected chi connectivity index (χ0v) is 32.2. The molecule has 38 heavy (non-hydrogen) atoms. The molecule has 2 aliphatic rings. The van der Waals surface area contributed by atoms with Gasteiger partial charge in [0, 0.05) is 0 Å². The monoisotopic (exact) mass is 691 g/mol. The first kappa shape index (κ1) is 34.1. The summed E-state index contributed by atoms with van der Waals surface area (Å²) in [6.07, 6.45) is 5.23. The van der Waals surface area contributed by atoms with Crippen LogP contribution in [0.15, 0.2) is 35.4 Å². The Kier molecular flexibility index (Phi) is 11.9. The zero-order valence-electron chi connectivity index (χ0n) is 25.8. The van der Waals surface area contributed by atoms with Crippen molar-refractivity contribution in [3.8, 4) is 0 Å². The van der Waals surface area contributed by atoms with Gasteiger partial charge in [0.1, 0.15) is 0 Å². The number of hydrogen-bond donors (Lipinski definition) is 0. The van der Waals surface area contributed by atoms with E-state index in [4.69, 9.17) is 0 Å². The van der Waals surface area contributed by atoms with E-state index in [9.17, 15) is 0 Å². The van der Waals surface area contributed by atoms with Crippen LogP contribution >= 0.6 is 0 Å². The van der Waals surface area contributed by atoms with E-state index in [1.54, 1.807) is 55.7 Å². The molecule has 0 aliphatic heterocycles. The van der Waals surface area contributed by atoms with Crippen molar-refractivity contribution in [2.24, 2.45) is 0 Å². The maximum absolute atomic E-state index is 2.74. The smallest absolute Gasteiger partial charge is 1.00 e. The second kappa shape index (κ2) is 13.3. The summed E-state index contributed by atoms with van der Waals surface area (Å²) < 4.78 is 1.51. The van der Waals surface area contributed by atoms with E-state index < -0.39 is 29.8 Å². The Morgan fingerprint density at radius 2 is 0.921 bits per heavy atom. The first-order valence-electron chi connectivity index (χ1n) is 14.4. The summed E-state index contributed by atoms with van der Waals surface area (Å²) in [7, 11) is -1.40. The fourth-order valence-electron chi connectivity index (χ4n) is 6.71. The van der Waals surface area contributed by atoms with Gasteiger partial charge in [-0.2, -0.15) is 0 Å². The van der Waals surface area contributed by atoms with E-state index in [1.165, 1.54) is 0 Å². The van der Waals surface area contributed by atoms with E-state index in [0.717, 1.165) is 7.25 Å². The van der Waals surface area contributed by atoms with Gasteiger partial charge in [-0.15, -0.1) is 0 Å². The number of benzene rings is 2. The molecule has 0 heterocycles. The van der Waals surface area contributed by atoms with Gasteiger partial charge in [0.2, 0.25) is 0 Å². The predicted octanol–water partition coefficient (Wildman–Crippen LogP) is 4.41. The summed E-state index contributed by atoms with van der Waals surface area (Å²) >= 11 is -1.95. The van der Waals surface area contributed by atoms with Crippen LogP contribution in [-0.2, 0) is 19.2 Å². The van der Waals surface area contributed by atoms with Crippen molar-refractivity contribution in [2.45, 2.75) is 112 Å². The second-order valence-corrected chi connectivity index (χ2v) is 46.3. The standard InChI is InChI=1S/2C16H21.C2H7Ge.2ClH.Zr/c2*1-10(2)13-8-14-6-12(5)7-16(14)15(9-13)11(3)4;1-3-2;;;/h2*6-11H,1-5H3;3H,1-2H3;2*1H;/q;;;;;+2/p-2. The maximum Gasteiger partial charge on any atom is -1.00 e. The molecule has 4 rings (SSSR count). The molecule has 0 saturated heterocycles. The van der Waals surface area contributed by atoms with Crippen molar-refractivity contribution in [1.82, 2.24) is 0 Å². The van der Waals surface area contributed by atoms with Crippen LogP contribution in [0.25, 0.3) is 12.2 Å². The average Bonchev–Trinajstić information content (AvgIpc) is 3.28.